The maximum absolute atomic E-state index is 5.60. The Morgan fingerprint density at radius 1 is 1.12 bits per heavy atom. The summed E-state index contributed by atoms with van der Waals surface area (Å²) in [6, 6.07) is 14.8. The van der Waals surface area contributed by atoms with Gasteiger partial charge in [0.15, 0.2) is 0 Å². The fourth-order valence-corrected chi connectivity index (χ4v) is 3.64. The minimum absolute atomic E-state index is 0.516. The number of hydrogen-bond donors (Lipinski definition) is 1. The van der Waals surface area contributed by atoms with E-state index >= 15 is 0 Å². The van der Waals surface area contributed by atoms with Crippen molar-refractivity contribution in [3.05, 3.63) is 61.3 Å². The Morgan fingerprint density at radius 3 is 2.69 bits per heavy atom. The van der Waals surface area contributed by atoms with Crippen LogP contribution in [-0.2, 0) is 0 Å². The van der Waals surface area contributed by atoms with E-state index in [1.807, 2.05) is 18.2 Å². The minimum Gasteiger partial charge on any atom is -0.490 e. The molecule has 2 heterocycles. The van der Waals surface area contributed by atoms with Gasteiger partial charge in [-0.25, -0.2) is 4.98 Å². The van der Waals surface area contributed by atoms with Crippen molar-refractivity contribution in [1.29, 1.82) is 0 Å². The van der Waals surface area contributed by atoms with Crippen LogP contribution in [0.2, 0.25) is 0 Å². The maximum Gasteiger partial charge on any atom is 0.139 e. The first kappa shape index (κ1) is 16.7. The number of imidazole rings is 1. The minimum atomic E-state index is 0.516. The fraction of sp³-hybridized carbons (Fsp3) is 0.318. The molecule has 1 fully saturated rings. The molecule has 0 spiro atoms. The summed E-state index contributed by atoms with van der Waals surface area (Å²) in [5.41, 5.74) is 3.06. The molecule has 0 unspecified atom stereocenters. The number of nitrogens with zero attached hydrogens (tertiary/aromatic N) is 2. The SMILES string of the molecule is C=CCOc1ccc(-c2nc3ccccn3c2NC2CCCCC2)cc1. The van der Waals surface area contributed by atoms with Gasteiger partial charge < -0.3 is 10.1 Å². The number of nitrogens with one attached hydrogen (secondary N) is 1. The molecule has 1 aromatic carbocycles. The van der Waals surface area contributed by atoms with Gasteiger partial charge in [-0.2, -0.15) is 0 Å². The molecule has 1 aliphatic carbocycles. The van der Waals surface area contributed by atoms with Crippen molar-refractivity contribution in [2.45, 2.75) is 38.1 Å². The molecular formula is C22H25N3O. The van der Waals surface area contributed by atoms with Crippen molar-refractivity contribution >= 4 is 11.5 Å². The van der Waals surface area contributed by atoms with Crippen LogP contribution in [0.4, 0.5) is 5.82 Å². The highest BCUT2D eigenvalue weighted by Crippen LogP contribution is 2.32. The molecular weight excluding hydrogens is 322 g/mol. The molecule has 1 N–H and O–H groups in total. The third kappa shape index (κ3) is 3.45. The lowest BCUT2D eigenvalue weighted by Gasteiger charge is -2.24. The molecule has 0 bridgehead atoms. The smallest absolute Gasteiger partial charge is 0.139 e. The number of fused-ring (bicyclic) bond motifs is 1. The molecule has 26 heavy (non-hydrogen) atoms. The van der Waals surface area contributed by atoms with Gasteiger partial charge in [0, 0.05) is 17.8 Å². The monoisotopic (exact) mass is 347 g/mol. The molecule has 4 nitrogen and oxygen atoms in total. The molecule has 1 saturated carbocycles. The first-order valence-electron chi connectivity index (χ1n) is 9.43. The maximum atomic E-state index is 5.60. The van der Waals surface area contributed by atoms with Gasteiger partial charge >= 0.3 is 0 Å². The highest BCUT2D eigenvalue weighted by molar-refractivity contribution is 5.77. The van der Waals surface area contributed by atoms with Gasteiger partial charge in [-0.3, -0.25) is 4.40 Å². The van der Waals surface area contributed by atoms with Crippen LogP contribution >= 0.6 is 0 Å². The first-order chi connectivity index (χ1) is 12.8. The molecule has 0 amide bonds. The van der Waals surface area contributed by atoms with Crippen LogP contribution in [0.15, 0.2) is 61.3 Å². The van der Waals surface area contributed by atoms with E-state index < -0.39 is 0 Å². The first-order valence-corrected chi connectivity index (χ1v) is 9.43. The van der Waals surface area contributed by atoms with Crippen LogP contribution in [-0.4, -0.2) is 22.0 Å². The largest absolute Gasteiger partial charge is 0.490 e. The predicted octanol–water partition coefficient (Wildman–Crippen LogP) is 5.31. The zero-order valence-electron chi connectivity index (χ0n) is 15.0. The number of rotatable bonds is 6. The Morgan fingerprint density at radius 2 is 1.92 bits per heavy atom. The fourth-order valence-electron chi connectivity index (χ4n) is 3.64. The highest BCUT2D eigenvalue weighted by atomic mass is 16.5. The molecule has 1 aliphatic rings. The van der Waals surface area contributed by atoms with Gasteiger partial charge in [-0.15, -0.1) is 0 Å². The van der Waals surface area contributed by atoms with E-state index in [4.69, 9.17) is 9.72 Å². The second-order valence-corrected chi connectivity index (χ2v) is 6.84. The number of aromatic nitrogens is 2. The van der Waals surface area contributed by atoms with Gasteiger partial charge in [0.1, 0.15) is 29.5 Å². The van der Waals surface area contributed by atoms with E-state index in [1.165, 1.54) is 32.1 Å². The van der Waals surface area contributed by atoms with Crippen molar-refractivity contribution < 1.29 is 4.74 Å². The third-order valence-corrected chi connectivity index (χ3v) is 4.97. The van der Waals surface area contributed by atoms with Gasteiger partial charge in [0.05, 0.1) is 0 Å². The Bertz CT molecular complexity index is 876. The molecule has 3 aromatic rings. The normalized spacial score (nSPS) is 15.1. The summed E-state index contributed by atoms with van der Waals surface area (Å²) in [5, 5.41) is 3.78. The second-order valence-electron chi connectivity index (χ2n) is 6.84. The Hall–Kier alpha value is -2.75. The zero-order valence-corrected chi connectivity index (χ0v) is 15.0. The molecule has 0 radical (unpaired) electrons. The average molecular weight is 347 g/mol. The summed E-state index contributed by atoms with van der Waals surface area (Å²) in [7, 11) is 0. The number of benzene rings is 1. The van der Waals surface area contributed by atoms with Gasteiger partial charge in [-0.1, -0.05) is 38.0 Å². The lowest BCUT2D eigenvalue weighted by Crippen LogP contribution is -2.23. The van der Waals surface area contributed by atoms with Crippen LogP contribution in [0.1, 0.15) is 32.1 Å². The molecule has 0 aliphatic heterocycles. The topological polar surface area (TPSA) is 38.6 Å². The molecule has 2 aromatic heterocycles. The van der Waals surface area contributed by atoms with Crippen LogP contribution < -0.4 is 10.1 Å². The molecule has 0 saturated heterocycles. The number of pyridine rings is 1. The molecule has 134 valence electrons. The second kappa shape index (κ2) is 7.65. The standard InChI is InChI=1S/C22H25N3O/c1-2-16-26-19-13-11-17(12-14-19)21-22(23-18-8-4-3-5-9-18)25-15-7-6-10-20(25)24-21/h2,6-7,10-15,18,23H,1,3-5,8-9,16H2. The predicted molar refractivity (Wildman–Crippen MR) is 107 cm³/mol. The lowest BCUT2D eigenvalue weighted by atomic mass is 9.95. The number of anilines is 1. The van der Waals surface area contributed by atoms with E-state index in [0.717, 1.165) is 28.5 Å². The van der Waals surface area contributed by atoms with Crippen LogP contribution in [0.3, 0.4) is 0 Å². The van der Waals surface area contributed by atoms with Crippen LogP contribution in [0.5, 0.6) is 5.75 Å². The molecule has 4 heteroatoms. The molecule has 0 atom stereocenters. The van der Waals surface area contributed by atoms with Gasteiger partial charge in [-0.05, 0) is 49.2 Å². The summed E-state index contributed by atoms with van der Waals surface area (Å²) in [5.74, 6) is 1.94. The highest BCUT2D eigenvalue weighted by Gasteiger charge is 2.19. The summed E-state index contributed by atoms with van der Waals surface area (Å²) in [6.07, 6.45) is 10.3. The Kier molecular flexibility index (Phi) is 4.91. The van der Waals surface area contributed by atoms with Crippen molar-refractivity contribution in [3.63, 3.8) is 0 Å². The van der Waals surface area contributed by atoms with Crippen molar-refractivity contribution in [2.75, 3.05) is 11.9 Å². The van der Waals surface area contributed by atoms with Crippen molar-refractivity contribution in [1.82, 2.24) is 9.38 Å². The average Bonchev–Trinajstić information content (AvgIpc) is 3.06. The zero-order chi connectivity index (χ0) is 17.8. The van der Waals surface area contributed by atoms with Crippen LogP contribution in [0, 0.1) is 0 Å². The Balaban J connectivity index is 1.69. The van der Waals surface area contributed by atoms with Crippen LogP contribution in [0.25, 0.3) is 16.9 Å². The summed E-state index contributed by atoms with van der Waals surface area (Å²) < 4.78 is 7.76. The summed E-state index contributed by atoms with van der Waals surface area (Å²) >= 11 is 0. The molecule has 4 rings (SSSR count). The van der Waals surface area contributed by atoms with Gasteiger partial charge in [0.25, 0.3) is 0 Å². The van der Waals surface area contributed by atoms with E-state index in [9.17, 15) is 0 Å². The van der Waals surface area contributed by atoms with E-state index in [0.29, 0.717) is 12.6 Å². The number of hydrogen-bond acceptors (Lipinski definition) is 3. The Labute approximate surface area is 154 Å². The van der Waals surface area contributed by atoms with E-state index in [-0.39, 0.29) is 0 Å². The third-order valence-electron chi connectivity index (χ3n) is 4.97. The number of ether oxygens (including phenoxy) is 1. The van der Waals surface area contributed by atoms with Crippen molar-refractivity contribution in [3.8, 4) is 17.0 Å². The van der Waals surface area contributed by atoms with E-state index in [2.05, 4.69) is 46.8 Å². The summed E-state index contributed by atoms with van der Waals surface area (Å²) in [4.78, 5) is 4.88. The summed E-state index contributed by atoms with van der Waals surface area (Å²) in [6.45, 7) is 4.20. The lowest BCUT2D eigenvalue weighted by molar-refractivity contribution is 0.363. The quantitative estimate of drug-likeness (QED) is 0.614. The van der Waals surface area contributed by atoms with E-state index in [1.54, 1.807) is 6.08 Å². The van der Waals surface area contributed by atoms with Gasteiger partial charge in [0.2, 0.25) is 0 Å². The van der Waals surface area contributed by atoms with Crippen molar-refractivity contribution in [2.24, 2.45) is 0 Å².